The number of hydrogen-bond acceptors (Lipinski definition) is 5. The Morgan fingerprint density at radius 1 is 1.03 bits per heavy atom. The highest BCUT2D eigenvalue weighted by Gasteiger charge is 2.30. The van der Waals surface area contributed by atoms with Crippen LogP contribution < -0.4 is 10.6 Å². The number of para-hydroxylation sites is 1. The van der Waals surface area contributed by atoms with E-state index in [9.17, 15) is 23.2 Å². The first-order chi connectivity index (χ1) is 14.4. The minimum Gasteiger partial charge on any atom is -0.447 e. The summed E-state index contributed by atoms with van der Waals surface area (Å²) in [4.78, 5) is 36.6. The maximum atomic E-state index is 13.5. The van der Waals surface area contributed by atoms with E-state index < -0.39 is 35.5 Å². The minimum atomic E-state index is -1.20. The molecule has 1 aliphatic carbocycles. The summed E-state index contributed by atoms with van der Waals surface area (Å²) < 4.78 is 32.0. The number of hydrogen-bond donors (Lipinski definition) is 2. The molecule has 158 valence electrons. The summed E-state index contributed by atoms with van der Waals surface area (Å²) in [6, 6.07) is 10.9. The van der Waals surface area contributed by atoms with Crippen molar-refractivity contribution in [2.24, 2.45) is 0 Å². The zero-order valence-electron chi connectivity index (χ0n) is 15.9. The lowest BCUT2D eigenvalue weighted by Crippen LogP contribution is -2.34. The van der Waals surface area contributed by atoms with Crippen molar-refractivity contribution >= 4 is 35.2 Å². The summed E-state index contributed by atoms with van der Waals surface area (Å²) in [5.41, 5.74) is 0.406. The number of amides is 2. The molecule has 1 aliphatic rings. The quantitative estimate of drug-likeness (QED) is 0.592. The van der Waals surface area contributed by atoms with E-state index in [1.54, 1.807) is 6.07 Å². The molecule has 0 radical (unpaired) electrons. The fourth-order valence-corrected chi connectivity index (χ4v) is 3.15. The molecule has 0 spiro atoms. The van der Waals surface area contributed by atoms with Gasteiger partial charge < -0.3 is 15.4 Å². The summed E-state index contributed by atoms with van der Waals surface area (Å²) in [5, 5.41) is 5.18. The van der Waals surface area contributed by atoms with Crippen LogP contribution in [0.2, 0.25) is 0 Å². The maximum absolute atomic E-state index is 13.5. The van der Waals surface area contributed by atoms with Gasteiger partial charge in [-0.1, -0.05) is 24.3 Å². The largest absolute Gasteiger partial charge is 0.447 e. The van der Waals surface area contributed by atoms with Crippen molar-refractivity contribution in [3.05, 3.63) is 65.7 Å². The number of esters is 1. The molecule has 1 atom stereocenters. The summed E-state index contributed by atoms with van der Waals surface area (Å²) in [5.74, 6) is -2.95. The number of ether oxygens (including phenoxy) is 1. The molecule has 1 fully saturated rings. The minimum absolute atomic E-state index is 0.0544. The molecule has 2 N–H and O–H groups in total. The lowest BCUT2D eigenvalue weighted by Gasteiger charge is -2.18. The second-order valence-corrected chi connectivity index (χ2v) is 7.71. The number of anilines is 1. The van der Waals surface area contributed by atoms with Gasteiger partial charge in [0.1, 0.15) is 11.6 Å². The molecule has 1 saturated carbocycles. The third kappa shape index (κ3) is 6.55. The zero-order valence-corrected chi connectivity index (χ0v) is 16.7. The number of benzene rings is 2. The molecular formula is C21H20F2N2O4S. The second kappa shape index (κ2) is 10.2. The lowest BCUT2D eigenvalue weighted by atomic mass is 10.1. The number of carbonyl (C=O) groups is 3. The van der Waals surface area contributed by atoms with Gasteiger partial charge in [-0.25, -0.2) is 8.78 Å². The molecule has 2 amide bonds. The Hall–Kier alpha value is -2.94. The second-order valence-electron chi connectivity index (χ2n) is 6.73. The van der Waals surface area contributed by atoms with E-state index >= 15 is 0 Å². The van der Waals surface area contributed by atoms with Gasteiger partial charge in [-0.15, -0.1) is 11.8 Å². The average molecular weight is 434 g/mol. The molecule has 0 aliphatic heterocycles. The van der Waals surface area contributed by atoms with E-state index in [1.165, 1.54) is 42.5 Å². The summed E-state index contributed by atoms with van der Waals surface area (Å²) >= 11 is 0.971. The monoisotopic (exact) mass is 434 g/mol. The summed E-state index contributed by atoms with van der Waals surface area (Å²) in [6.45, 7) is 0. The van der Waals surface area contributed by atoms with Crippen molar-refractivity contribution in [3.63, 3.8) is 0 Å². The third-order valence-electron chi connectivity index (χ3n) is 4.18. The predicted octanol–water partition coefficient (Wildman–Crippen LogP) is 3.20. The Kier molecular flexibility index (Phi) is 7.40. The van der Waals surface area contributed by atoms with Crippen LogP contribution in [0, 0.1) is 11.6 Å². The normalized spacial score (nSPS) is 13.9. The fourth-order valence-electron chi connectivity index (χ4n) is 2.56. The first-order valence-electron chi connectivity index (χ1n) is 9.30. The van der Waals surface area contributed by atoms with Gasteiger partial charge in [0.05, 0.1) is 17.2 Å². The van der Waals surface area contributed by atoms with Gasteiger partial charge in [0.2, 0.25) is 12.0 Å². The smallest absolute Gasteiger partial charge is 0.317 e. The van der Waals surface area contributed by atoms with Crippen molar-refractivity contribution in [2.75, 3.05) is 16.8 Å². The van der Waals surface area contributed by atoms with E-state index in [1.807, 2.05) is 0 Å². The molecule has 3 rings (SSSR count). The van der Waals surface area contributed by atoms with Crippen LogP contribution in [0.1, 0.15) is 24.5 Å². The third-order valence-corrected chi connectivity index (χ3v) is 5.09. The van der Waals surface area contributed by atoms with E-state index in [4.69, 9.17) is 4.74 Å². The number of rotatable bonds is 9. The van der Waals surface area contributed by atoms with E-state index in [0.29, 0.717) is 5.56 Å². The molecule has 6 nitrogen and oxygen atoms in total. The van der Waals surface area contributed by atoms with Crippen LogP contribution in [0.5, 0.6) is 0 Å². The van der Waals surface area contributed by atoms with Crippen LogP contribution in [0.15, 0.2) is 48.5 Å². The van der Waals surface area contributed by atoms with Gasteiger partial charge in [0, 0.05) is 11.6 Å². The maximum Gasteiger partial charge on any atom is 0.317 e. The van der Waals surface area contributed by atoms with Gasteiger partial charge in [0.15, 0.2) is 0 Å². The Morgan fingerprint density at radius 3 is 2.40 bits per heavy atom. The van der Waals surface area contributed by atoms with Gasteiger partial charge in [0.25, 0.3) is 5.91 Å². The topological polar surface area (TPSA) is 84.5 Å². The number of carbonyl (C=O) groups excluding carboxylic acids is 3. The molecule has 30 heavy (non-hydrogen) atoms. The van der Waals surface area contributed by atoms with Crippen LogP contribution >= 0.6 is 11.8 Å². The Balaban J connectivity index is 1.51. The van der Waals surface area contributed by atoms with E-state index in [2.05, 4.69) is 10.6 Å². The summed E-state index contributed by atoms with van der Waals surface area (Å²) in [6.07, 6.45) is 0.525. The standard InChI is InChI=1S/C21H20F2N2O4S/c22-14-7-5-13(6-8-14)20(21(28)24-15-9-10-15)29-19(27)12-30-11-18(26)25-17-4-2-1-3-16(17)23/h1-8,15,20H,9-12H2,(H,24,28)(H,25,26). The molecular weight excluding hydrogens is 414 g/mol. The van der Waals surface area contributed by atoms with Crippen molar-refractivity contribution in [1.82, 2.24) is 5.32 Å². The predicted molar refractivity (Wildman–Crippen MR) is 109 cm³/mol. The average Bonchev–Trinajstić information content (AvgIpc) is 3.52. The van der Waals surface area contributed by atoms with E-state index in [-0.39, 0.29) is 23.2 Å². The SMILES string of the molecule is O=C(CSCC(=O)OC(C(=O)NC1CC1)c1ccc(F)cc1)Nc1ccccc1F. The Labute approximate surface area is 176 Å². The van der Waals surface area contributed by atoms with E-state index in [0.717, 1.165) is 24.6 Å². The number of nitrogens with one attached hydrogen (secondary N) is 2. The van der Waals surface area contributed by atoms with Gasteiger partial charge in [-0.3, -0.25) is 14.4 Å². The van der Waals surface area contributed by atoms with Crippen LogP contribution in [-0.2, 0) is 19.1 Å². The number of halogens is 2. The first kappa shape index (κ1) is 21.8. The zero-order chi connectivity index (χ0) is 21.5. The molecule has 0 heterocycles. The number of thioether (sulfide) groups is 1. The van der Waals surface area contributed by atoms with Gasteiger partial charge in [-0.05, 0) is 37.1 Å². The van der Waals surface area contributed by atoms with Crippen molar-refractivity contribution < 1.29 is 27.9 Å². The highest BCUT2D eigenvalue weighted by Crippen LogP contribution is 2.24. The molecule has 2 aromatic carbocycles. The molecule has 1 unspecified atom stereocenters. The van der Waals surface area contributed by atoms with Crippen molar-refractivity contribution in [3.8, 4) is 0 Å². The summed E-state index contributed by atoms with van der Waals surface area (Å²) in [7, 11) is 0. The lowest BCUT2D eigenvalue weighted by molar-refractivity contribution is -0.154. The van der Waals surface area contributed by atoms with Crippen molar-refractivity contribution in [1.29, 1.82) is 0 Å². The highest BCUT2D eigenvalue weighted by atomic mass is 32.2. The van der Waals surface area contributed by atoms with Crippen LogP contribution in [-0.4, -0.2) is 35.3 Å². The molecule has 2 aromatic rings. The Morgan fingerprint density at radius 2 is 1.73 bits per heavy atom. The van der Waals surface area contributed by atoms with Crippen molar-refractivity contribution in [2.45, 2.75) is 25.0 Å². The molecule has 0 bridgehead atoms. The van der Waals surface area contributed by atoms with Gasteiger partial charge >= 0.3 is 5.97 Å². The molecule has 0 saturated heterocycles. The molecule has 9 heteroatoms. The van der Waals surface area contributed by atoms with Crippen LogP contribution in [0.4, 0.5) is 14.5 Å². The fraction of sp³-hybridized carbons (Fsp3) is 0.286. The first-order valence-corrected chi connectivity index (χ1v) is 10.5. The highest BCUT2D eigenvalue weighted by molar-refractivity contribution is 8.00. The van der Waals surface area contributed by atoms with Crippen LogP contribution in [0.3, 0.4) is 0 Å². The van der Waals surface area contributed by atoms with Gasteiger partial charge in [-0.2, -0.15) is 0 Å². The molecule has 0 aromatic heterocycles. The van der Waals surface area contributed by atoms with Crippen LogP contribution in [0.25, 0.3) is 0 Å². The Bertz CT molecular complexity index is 919.